The van der Waals surface area contributed by atoms with Gasteiger partial charge in [0.15, 0.2) is 15.0 Å². The molecular weight excluding hydrogens is 262 g/mol. The summed E-state index contributed by atoms with van der Waals surface area (Å²) in [5.41, 5.74) is 0. The highest BCUT2D eigenvalue weighted by Gasteiger charge is 2.32. The van der Waals surface area contributed by atoms with Crippen LogP contribution in [-0.2, 0) is 16.9 Å². The molecule has 0 bridgehead atoms. The Morgan fingerprint density at radius 2 is 2.29 bits per heavy atom. The van der Waals surface area contributed by atoms with E-state index in [1.165, 1.54) is 11.8 Å². The average Bonchev–Trinajstić information content (AvgIpc) is 2.79. The second kappa shape index (κ2) is 4.95. The maximum atomic E-state index is 11.4. The molecule has 96 valence electrons. The van der Waals surface area contributed by atoms with Crippen molar-refractivity contribution in [2.75, 3.05) is 23.9 Å². The molecule has 0 radical (unpaired) electrons. The molecule has 0 aromatic carbocycles. The summed E-state index contributed by atoms with van der Waals surface area (Å²) in [6.45, 7) is 0.0880. The molecule has 1 N–H and O–H groups in total. The van der Waals surface area contributed by atoms with Crippen LogP contribution in [-0.4, -0.2) is 52.2 Å². The van der Waals surface area contributed by atoms with Gasteiger partial charge >= 0.3 is 0 Å². The van der Waals surface area contributed by atoms with Gasteiger partial charge in [0.2, 0.25) is 0 Å². The fraction of sp³-hybridized carbons (Fsp3) is 0.778. The molecule has 1 aromatic heterocycles. The molecule has 2 rings (SSSR count). The lowest BCUT2D eigenvalue weighted by Gasteiger charge is -2.07. The fourth-order valence-electron chi connectivity index (χ4n) is 1.94. The van der Waals surface area contributed by atoms with Crippen LogP contribution in [0.15, 0.2) is 5.16 Å². The van der Waals surface area contributed by atoms with Crippen molar-refractivity contribution in [1.29, 1.82) is 0 Å². The van der Waals surface area contributed by atoms with Crippen LogP contribution in [0.1, 0.15) is 18.2 Å². The topological polar surface area (TPSA) is 85.1 Å². The van der Waals surface area contributed by atoms with Gasteiger partial charge in [-0.25, -0.2) is 8.42 Å². The minimum absolute atomic E-state index is 0.0408. The molecule has 17 heavy (non-hydrogen) atoms. The predicted molar refractivity (Wildman–Crippen MR) is 64.8 cm³/mol. The van der Waals surface area contributed by atoms with Crippen LogP contribution in [0.2, 0.25) is 0 Å². The van der Waals surface area contributed by atoms with E-state index in [2.05, 4.69) is 10.2 Å². The Labute approximate surface area is 104 Å². The van der Waals surface area contributed by atoms with Crippen LogP contribution in [0.5, 0.6) is 0 Å². The van der Waals surface area contributed by atoms with E-state index in [1.54, 1.807) is 0 Å². The van der Waals surface area contributed by atoms with Crippen LogP contribution in [0.3, 0.4) is 0 Å². The highest BCUT2D eigenvalue weighted by atomic mass is 32.2. The largest absolute Gasteiger partial charge is 0.396 e. The number of hydrogen-bond acceptors (Lipinski definition) is 6. The summed E-state index contributed by atoms with van der Waals surface area (Å²) in [6, 6.07) is 0. The van der Waals surface area contributed by atoms with E-state index in [0.717, 1.165) is 11.0 Å². The van der Waals surface area contributed by atoms with Crippen molar-refractivity contribution in [2.45, 2.75) is 17.5 Å². The van der Waals surface area contributed by atoms with Crippen molar-refractivity contribution in [3.8, 4) is 0 Å². The lowest BCUT2D eigenvalue weighted by Crippen LogP contribution is -2.09. The summed E-state index contributed by atoms with van der Waals surface area (Å²) in [5.74, 6) is 1.66. The van der Waals surface area contributed by atoms with Gasteiger partial charge < -0.3 is 9.67 Å². The second-order valence-corrected chi connectivity index (χ2v) is 7.36. The van der Waals surface area contributed by atoms with E-state index >= 15 is 0 Å². The summed E-state index contributed by atoms with van der Waals surface area (Å²) < 4.78 is 24.6. The van der Waals surface area contributed by atoms with Gasteiger partial charge in [-0.05, 0) is 6.42 Å². The van der Waals surface area contributed by atoms with Gasteiger partial charge in [-0.3, -0.25) is 0 Å². The molecule has 0 aliphatic carbocycles. The fourth-order valence-corrected chi connectivity index (χ4v) is 4.34. The number of aromatic nitrogens is 3. The van der Waals surface area contributed by atoms with Crippen LogP contribution in [0.25, 0.3) is 0 Å². The van der Waals surface area contributed by atoms with E-state index in [4.69, 9.17) is 5.11 Å². The zero-order valence-corrected chi connectivity index (χ0v) is 11.2. The van der Waals surface area contributed by atoms with Gasteiger partial charge in [-0.1, -0.05) is 11.8 Å². The smallest absolute Gasteiger partial charge is 0.191 e. The molecule has 1 aliphatic heterocycles. The molecule has 1 aromatic rings. The number of aliphatic hydroxyl groups is 1. The van der Waals surface area contributed by atoms with Crippen LogP contribution in [0, 0.1) is 0 Å². The summed E-state index contributed by atoms with van der Waals surface area (Å²) in [7, 11) is -1.06. The van der Waals surface area contributed by atoms with Crippen molar-refractivity contribution >= 4 is 21.6 Å². The van der Waals surface area contributed by atoms with E-state index in [-0.39, 0.29) is 24.0 Å². The predicted octanol–water partition coefficient (Wildman–Crippen LogP) is -0.198. The van der Waals surface area contributed by atoms with Gasteiger partial charge in [0.1, 0.15) is 5.82 Å². The standard InChI is InChI=1S/C9H15N3O3S2/c1-12-8(7-2-5-17(14,15)6-7)10-11-9(12)16-4-3-13/h7,13H,2-6H2,1H3/t7-/m0/s1. The first-order valence-electron chi connectivity index (χ1n) is 5.37. The van der Waals surface area contributed by atoms with Crippen LogP contribution < -0.4 is 0 Å². The summed E-state index contributed by atoms with van der Waals surface area (Å²) >= 11 is 1.42. The number of thioether (sulfide) groups is 1. The third kappa shape index (κ3) is 2.80. The van der Waals surface area contributed by atoms with Crippen LogP contribution >= 0.6 is 11.8 Å². The van der Waals surface area contributed by atoms with Crippen molar-refractivity contribution in [3.05, 3.63) is 5.82 Å². The van der Waals surface area contributed by atoms with Crippen molar-refractivity contribution in [2.24, 2.45) is 7.05 Å². The molecule has 6 nitrogen and oxygen atoms in total. The zero-order chi connectivity index (χ0) is 12.5. The van der Waals surface area contributed by atoms with Crippen molar-refractivity contribution in [3.63, 3.8) is 0 Å². The molecule has 0 saturated carbocycles. The quantitative estimate of drug-likeness (QED) is 0.767. The molecule has 1 atom stereocenters. The lowest BCUT2D eigenvalue weighted by molar-refractivity contribution is 0.322. The van der Waals surface area contributed by atoms with E-state index < -0.39 is 9.84 Å². The highest BCUT2D eigenvalue weighted by molar-refractivity contribution is 7.99. The first-order chi connectivity index (χ1) is 8.03. The maximum absolute atomic E-state index is 11.4. The summed E-state index contributed by atoms with van der Waals surface area (Å²) in [5, 5.41) is 17.5. The zero-order valence-electron chi connectivity index (χ0n) is 9.53. The lowest BCUT2D eigenvalue weighted by atomic mass is 10.1. The van der Waals surface area contributed by atoms with Gasteiger partial charge in [-0.2, -0.15) is 0 Å². The summed E-state index contributed by atoms with van der Waals surface area (Å²) in [6.07, 6.45) is 0.624. The number of aliphatic hydroxyl groups excluding tert-OH is 1. The molecule has 1 saturated heterocycles. The minimum atomic E-state index is -2.90. The molecule has 0 amide bonds. The Balaban J connectivity index is 2.15. The van der Waals surface area contributed by atoms with E-state index in [1.807, 2.05) is 11.6 Å². The molecule has 0 spiro atoms. The molecule has 1 aliphatic rings. The normalized spacial score (nSPS) is 23.1. The summed E-state index contributed by atoms with van der Waals surface area (Å²) in [4.78, 5) is 0. The SMILES string of the molecule is Cn1c(SCCO)nnc1[C@H]1CCS(=O)(=O)C1. The maximum Gasteiger partial charge on any atom is 0.191 e. The molecule has 8 heteroatoms. The van der Waals surface area contributed by atoms with Crippen molar-refractivity contribution < 1.29 is 13.5 Å². The third-order valence-electron chi connectivity index (χ3n) is 2.79. The molecule has 0 unspecified atom stereocenters. The number of rotatable bonds is 4. The molecular formula is C9H15N3O3S2. The first-order valence-corrected chi connectivity index (χ1v) is 8.17. The van der Waals surface area contributed by atoms with Gasteiger partial charge in [-0.15, -0.1) is 10.2 Å². The van der Waals surface area contributed by atoms with E-state index in [9.17, 15) is 8.42 Å². The Morgan fingerprint density at radius 1 is 1.53 bits per heavy atom. The third-order valence-corrected chi connectivity index (χ3v) is 5.56. The Kier molecular flexibility index (Phi) is 3.74. The number of sulfone groups is 1. The second-order valence-electron chi connectivity index (χ2n) is 4.07. The monoisotopic (exact) mass is 277 g/mol. The van der Waals surface area contributed by atoms with Crippen molar-refractivity contribution in [1.82, 2.24) is 14.8 Å². The average molecular weight is 277 g/mol. The van der Waals surface area contributed by atoms with Gasteiger partial charge in [0, 0.05) is 18.7 Å². The number of hydrogen-bond donors (Lipinski definition) is 1. The highest BCUT2D eigenvalue weighted by Crippen LogP contribution is 2.29. The van der Waals surface area contributed by atoms with Gasteiger partial charge in [0.05, 0.1) is 18.1 Å². The molecule has 1 fully saturated rings. The first kappa shape index (κ1) is 12.8. The van der Waals surface area contributed by atoms with Crippen LogP contribution in [0.4, 0.5) is 0 Å². The Morgan fingerprint density at radius 3 is 2.88 bits per heavy atom. The molecule has 2 heterocycles. The Hall–Kier alpha value is -0.600. The minimum Gasteiger partial charge on any atom is -0.396 e. The Bertz CT molecular complexity index is 498. The van der Waals surface area contributed by atoms with E-state index in [0.29, 0.717) is 12.2 Å². The number of nitrogens with zero attached hydrogens (tertiary/aromatic N) is 3. The van der Waals surface area contributed by atoms with Gasteiger partial charge in [0.25, 0.3) is 0 Å².